The summed E-state index contributed by atoms with van der Waals surface area (Å²) in [6.45, 7) is 3.51. The van der Waals surface area contributed by atoms with E-state index < -0.39 is 5.60 Å². The van der Waals surface area contributed by atoms with Gasteiger partial charge in [0.2, 0.25) is 11.8 Å². The quantitative estimate of drug-likeness (QED) is 0.149. The van der Waals surface area contributed by atoms with Crippen LogP contribution in [-0.2, 0) is 17.9 Å². The molecule has 1 aliphatic carbocycles. The van der Waals surface area contributed by atoms with Crippen LogP contribution in [0.3, 0.4) is 0 Å². The average Bonchev–Trinajstić information content (AvgIpc) is 3.53. The first-order valence-corrected chi connectivity index (χ1v) is 17.8. The molecule has 4 heterocycles. The molecule has 5 aromatic rings. The van der Waals surface area contributed by atoms with Crippen molar-refractivity contribution >= 4 is 34.8 Å². The summed E-state index contributed by atoms with van der Waals surface area (Å²) in [6, 6.07) is 19.6. The number of hydrogen-bond donors (Lipinski definition) is 3. The van der Waals surface area contributed by atoms with Crippen LogP contribution in [-0.4, -0.2) is 68.7 Å². The Morgan fingerprint density at radius 1 is 1.02 bits per heavy atom. The second-order valence-corrected chi connectivity index (χ2v) is 14.6. The molecule has 1 atom stereocenters. The van der Waals surface area contributed by atoms with Crippen LogP contribution in [0.5, 0.6) is 5.88 Å². The first kappa shape index (κ1) is 35.1. The van der Waals surface area contributed by atoms with Crippen LogP contribution in [0.15, 0.2) is 77.9 Å². The highest BCUT2D eigenvalue weighted by molar-refractivity contribution is 6.39. The number of benzene rings is 2. The molecule has 1 aliphatic heterocycles. The number of carbonyl (C=O) groups excluding carboxylic acids is 1. The number of methoxy groups -OCH3 is 1. The van der Waals surface area contributed by atoms with Gasteiger partial charge in [-0.05, 0) is 57.0 Å². The number of aliphatic hydroxyl groups is 1. The van der Waals surface area contributed by atoms with Gasteiger partial charge in [0, 0.05) is 78.3 Å². The Bertz CT molecular complexity index is 2180. The first-order chi connectivity index (χ1) is 24.5. The zero-order valence-corrected chi connectivity index (χ0v) is 30.3. The van der Waals surface area contributed by atoms with E-state index in [0.29, 0.717) is 71.7 Å². The highest BCUT2D eigenvalue weighted by atomic mass is 35.5. The molecule has 3 N–H and O–H groups in total. The van der Waals surface area contributed by atoms with Gasteiger partial charge in [-0.1, -0.05) is 65.7 Å². The standard InChI is InChI=1S/C39H40Cl2N6O4/c1-39(50)17-27(18-39)46(2)22-25-20-43-33-16-23(14-15-47(33)38(25)49)28-6-4-7-29(35(28)40)30-8-5-9-31(36(30)41)32-12-10-24(37(45-32)51-3)19-42-21-26-11-13-34(48)44-26/h4-10,12,14-16,20,26-27,42,50H,11,13,17-19,21-22H2,1-3H3,(H,44,48)/t26-,27?,39?/m0/s1. The topological polar surface area (TPSA) is 121 Å². The van der Waals surface area contributed by atoms with E-state index in [1.54, 1.807) is 23.9 Å². The van der Waals surface area contributed by atoms with Gasteiger partial charge in [0.05, 0.1) is 34.0 Å². The van der Waals surface area contributed by atoms with Crippen molar-refractivity contribution in [2.75, 3.05) is 20.7 Å². The fraction of sp³-hybridized carbons (Fsp3) is 0.333. The van der Waals surface area contributed by atoms with Crippen LogP contribution in [0.1, 0.15) is 43.7 Å². The van der Waals surface area contributed by atoms with Gasteiger partial charge in [-0.25, -0.2) is 9.97 Å². The summed E-state index contributed by atoms with van der Waals surface area (Å²) in [5, 5.41) is 17.5. The number of nitrogens with one attached hydrogen (secondary N) is 2. The molecule has 10 nitrogen and oxygen atoms in total. The Labute approximate surface area is 306 Å². The summed E-state index contributed by atoms with van der Waals surface area (Å²) in [7, 11) is 3.56. The number of pyridine rings is 2. The van der Waals surface area contributed by atoms with Crippen molar-refractivity contribution in [1.29, 1.82) is 0 Å². The Morgan fingerprint density at radius 3 is 2.41 bits per heavy atom. The second kappa shape index (κ2) is 14.4. The van der Waals surface area contributed by atoms with E-state index in [-0.39, 0.29) is 23.6 Å². The molecular weight excluding hydrogens is 687 g/mol. The van der Waals surface area contributed by atoms with Gasteiger partial charge in [-0.2, -0.15) is 0 Å². The summed E-state index contributed by atoms with van der Waals surface area (Å²) < 4.78 is 7.20. The highest BCUT2D eigenvalue weighted by Crippen LogP contribution is 2.42. The van der Waals surface area contributed by atoms with Crippen molar-refractivity contribution in [3.63, 3.8) is 0 Å². The van der Waals surface area contributed by atoms with Crippen LogP contribution in [0.25, 0.3) is 39.2 Å². The van der Waals surface area contributed by atoms with Crippen molar-refractivity contribution in [3.8, 4) is 39.4 Å². The number of halogens is 2. The number of nitrogens with zero attached hydrogens (tertiary/aromatic N) is 4. The van der Waals surface area contributed by atoms with Gasteiger partial charge in [0.25, 0.3) is 5.56 Å². The summed E-state index contributed by atoms with van der Waals surface area (Å²) >= 11 is 14.2. The number of amides is 1. The highest BCUT2D eigenvalue weighted by Gasteiger charge is 2.40. The minimum Gasteiger partial charge on any atom is -0.481 e. The zero-order chi connectivity index (χ0) is 35.9. The van der Waals surface area contributed by atoms with Gasteiger partial charge < -0.3 is 20.5 Å². The number of hydrogen-bond acceptors (Lipinski definition) is 8. The van der Waals surface area contributed by atoms with Crippen molar-refractivity contribution in [2.45, 2.75) is 63.4 Å². The molecule has 3 aromatic heterocycles. The maximum absolute atomic E-state index is 13.4. The van der Waals surface area contributed by atoms with Crippen LogP contribution < -0.4 is 20.9 Å². The number of rotatable bonds is 11. The maximum Gasteiger partial charge on any atom is 0.262 e. The summed E-state index contributed by atoms with van der Waals surface area (Å²) in [6.07, 6.45) is 6.14. The minimum absolute atomic E-state index is 0.0942. The SMILES string of the molecule is COc1nc(-c2cccc(-c3cccc(-c4ccn5c(=O)c(CN(C)C6CC(C)(O)C6)cnc5c4)c3Cl)c2Cl)ccc1CNC[C@@H]1CCC(=O)N1. The predicted molar refractivity (Wildman–Crippen MR) is 200 cm³/mol. The molecular formula is C39H40Cl2N6O4. The van der Waals surface area contributed by atoms with Gasteiger partial charge in [0.1, 0.15) is 5.65 Å². The van der Waals surface area contributed by atoms with Crippen molar-refractivity contribution in [3.05, 3.63) is 105 Å². The Kier molecular flexibility index (Phi) is 9.88. The number of fused-ring (bicyclic) bond motifs is 1. The van der Waals surface area contributed by atoms with Gasteiger partial charge in [-0.15, -0.1) is 0 Å². The average molecular weight is 728 g/mol. The predicted octanol–water partition coefficient (Wildman–Crippen LogP) is 6.12. The van der Waals surface area contributed by atoms with Crippen molar-refractivity contribution < 1.29 is 14.6 Å². The summed E-state index contributed by atoms with van der Waals surface area (Å²) in [4.78, 5) is 36.4. The number of ether oxygens (including phenoxy) is 1. The molecule has 0 bridgehead atoms. The Hall–Kier alpha value is -4.32. The molecule has 12 heteroatoms. The van der Waals surface area contributed by atoms with E-state index in [4.69, 9.17) is 32.9 Å². The van der Waals surface area contributed by atoms with Crippen LogP contribution in [0, 0.1) is 0 Å². The smallest absolute Gasteiger partial charge is 0.262 e. The van der Waals surface area contributed by atoms with E-state index in [2.05, 4.69) is 20.5 Å². The molecule has 7 rings (SSSR count). The van der Waals surface area contributed by atoms with Crippen molar-refractivity contribution in [1.82, 2.24) is 29.9 Å². The molecule has 1 amide bonds. The van der Waals surface area contributed by atoms with Gasteiger partial charge in [-0.3, -0.25) is 18.9 Å². The van der Waals surface area contributed by atoms with Gasteiger partial charge in [0.15, 0.2) is 0 Å². The lowest BCUT2D eigenvalue weighted by atomic mass is 9.76. The number of carbonyl (C=O) groups is 1. The lowest BCUT2D eigenvalue weighted by molar-refractivity contribution is -0.119. The fourth-order valence-corrected chi connectivity index (χ4v) is 7.76. The van der Waals surface area contributed by atoms with Crippen LogP contribution in [0.2, 0.25) is 10.0 Å². The normalized spacial score (nSPS) is 20.1. The molecule has 51 heavy (non-hydrogen) atoms. The monoisotopic (exact) mass is 726 g/mol. The van der Waals surface area contributed by atoms with Crippen LogP contribution >= 0.6 is 23.2 Å². The molecule has 1 saturated carbocycles. The molecule has 0 radical (unpaired) electrons. The third kappa shape index (κ3) is 7.24. The zero-order valence-electron chi connectivity index (χ0n) is 28.7. The van der Waals surface area contributed by atoms with E-state index in [0.717, 1.165) is 39.8 Å². The summed E-state index contributed by atoms with van der Waals surface area (Å²) in [5.74, 6) is 0.587. The molecule has 0 spiro atoms. The Balaban J connectivity index is 1.12. The molecule has 2 fully saturated rings. The van der Waals surface area contributed by atoms with Crippen LogP contribution in [0.4, 0.5) is 0 Å². The lowest BCUT2D eigenvalue weighted by Gasteiger charge is -2.45. The maximum atomic E-state index is 13.4. The third-order valence-corrected chi connectivity index (χ3v) is 10.8. The largest absolute Gasteiger partial charge is 0.481 e. The van der Waals surface area contributed by atoms with E-state index in [1.807, 2.05) is 74.6 Å². The van der Waals surface area contributed by atoms with E-state index in [9.17, 15) is 14.7 Å². The summed E-state index contributed by atoms with van der Waals surface area (Å²) in [5.41, 5.74) is 5.75. The minimum atomic E-state index is -0.632. The first-order valence-electron chi connectivity index (χ1n) is 17.1. The van der Waals surface area contributed by atoms with E-state index >= 15 is 0 Å². The molecule has 1 saturated heterocycles. The molecule has 0 unspecified atom stereocenters. The second-order valence-electron chi connectivity index (χ2n) is 13.8. The number of aromatic nitrogens is 3. The van der Waals surface area contributed by atoms with Crippen molar-refractivity contribution in [2.24, 2.45) is 0 Å². The Morgan fingerprint density at radius 2 is 1.73 bits per heavy atom. The van der Waals surface area contributed by atoms with E-state index in [1.165, 1.54) is 0 Å². The fourth-order valence-electron chi connectivity index (χ4n) is 7.10. The third-order valence-electron chi connectivity index (χ3n) is 9.97. The molecule has 2 aliphatic rings. The molecule has 264 valence electrons. The lowest BCUT2D eigenvalue weighted by Crippen LogP contribution is -2.52. The molecule has 2 aromatic carbocycles. The van der Waals surface area contributed by atoms with Gasteiger partial charge >= 0.3 is 0 Å².